The molecular weight excluding hydrogens is 408 g/mol. The Kier molecular flexibility index (Phi) is 6.48. The van der Waals surface area contributed by atoms with Crippen LogP contribution in [0.4, 0.5) is 4.79 Å². The Balaban J connectivity index is 1.47. The van der Waals surface area contributed by atoms with E-state index in [2.05, 4.69) is 25.9 Å². The van der Waals surface area contributed by atoms with Gasteiger partial charge in [0.25, 0.3) is 5.91 Å². The van der Waals surface area contributed by atoms with Gasteiger partial charge in [0.2, 0.25) is 11.8 Å². The van der Waals surface area contributed by atoms with Crippen LogP contribution >= 0.6 is 0 Å². The predicted molar refractivity (Wildman–Crippen MR) is 106 cm³/mol. The Morgan fingerprint density at radius 1 is 1.19 bits per heavy atom. The molecule has 164 valence electrons. The number of para-hydroxylation sites is 2. The van der Waals surface area contributed by atoms with Crippen molar-refractivity contribution in [2.75, 3.05) is 13.1 Å². The molecule has 0 bridgehead atoms. The summed E-state index contributed by atoms with van der Waals surface area (Å²) >= 11 is 0. The molecule has 0 unspecified atom stereocenters. The van der Waals surface area contributed by atoms with E-state index in [1.165, 1.54) is 6.92 Å². The van der Waals surface area contributed by atoms with Gasteiger partial charge in [-0.3, -0.25) is 24.1 Å². The second-order valence-corrected chi connectivity index (χ2v) is 7.15. The number of fused-ring (bicyclic) bond motifs is 1. The topological polar surface area (TPSA) is 174 Å². The summed E-state index contributed by atoms with van der Waals surface area (Å²) in [5.41, 5.74) is 1.59. The lowest BCUT2D eigenvalue weighted by atomic mass is 10.2. The number of aliphatic carboxylic acids is 1. The molecule has 0 radical (unpaired) electrons. The second-order valence-electron chi connectivity index (χ2n) is 7.15. The molecule has 5 amide bonds. The summed E-state index contributed by atoms with van der Waals surface area (Å²) in [7, 11) is 0. The first-order chi connectivity index (χ1) is 14.7. The van der Waals surface area contributed by atoms with E-state index >= 15 is 0 Å². The summed E-state index contributed by atoms with van der Waals surface area (Å²) in [6.45, 7) is 0.839. The van der Waals surface area contributed by atoms with Crippen LogP contribution in [0, 0.1) is 5.92 Å². The maximum atomic E-state index is 12.4. The number of H-pyrrole nitrogens is 1. The maximum Gasteiger partial charge on any atom is 0.325 e. The first-order valence-corrected chi connectivity index (χ1v) is 9.56. The molecule has 5 N–H and O–H groups in total. The fraction of sp³-hybridized carbons (Fsp3) is 0.368. The first-order valence-electron chi connectivity index (χ1n) is 9.56. The van der Waals surface area contributed by atoms with Crippen LogP contribution in [0.3, 0.4) is 0 Å². The number of hydrogen-bond acceptors (Lipinski definition) is 6. The van der Waals surface area contributed by atoms with Crippen LogP contribution in [-0.4, -0.2) is 68.8 Å². The molecule has 1 aromatic heterocycles. The number of carboxylic acid groups (broad SMARTS) is 1. The molecule has 1 aliphatic rings. The second kappa shape index (κ2) is 9.24. The Labute approximate surface area is 176 Å². The molecule has 2 atom stereocenters. The molecule has 12 nitrogen and oxygen atoms in total. The summed E-state index contributed by atoms with van der Waals surface area (Å²) < 4.78 is 0. The third kappa shape index (κ3) is 5.35. The van der Waals surface area contributed by atoms with Crippen LogP contribution in [0.15, 0.2) is 24.3 Å². The van der Waals surface area contributed by atoms with E-state index < -0.39 is 48.2 Å². The lowest BCUT2D eigenvalue weighted by Crippen LogP contribution is -2.43. The van der Waals surface area contributed by atoms with Crippen LogP contribution in [0.2, 0.25) is 0 Å². The van der Waals surface area contributed by atoms with Gasteiger partial charge in [0.1, 0.15) is 18.4 Å². The van der Waals surface area contributed by atoms with E-state index in [9.17, 15) is 24.0 Å². The number of aromatic amines is 1. The Hall–Kier alpha value is -3.96. The van der Waals surface area contributed by atoms with Crippen LogP contribution in [0.1, 0.15) is 19.2 Å². The first kappa shape index (κ1) is 21.7. The van der Waals surface area contributed by atoms with E-state index in [4.69, 9.17) is 5.11 Å². The highest BCUT2D eigenvalue weighted by Crippen LogP contribution is 2.11. The number of nitrogens with zero attached hydrogens (tertiary/aromatic N) is 2. The molecule has 1 fully saturated rings. The molecule has 1 saturated heterocycles. The number of hydrogen-bond donors (Lipinski definition) is 5. The number of aromatic nitrogens is 2. The molecule has 3 rings (SSSR count). The zero-order valence-electron chi connectivity index (χ0n) is 16.7. The van der Waals surface area contributed by atoms with Crippen LogP contribution in [0.5, 0.6) is 0 Å². The van der Waals surface area contributed by atoms with Crippen molar-refractivity contribution >= 4 is 40.8 Å². The van der Waals surface area contributed by atoms with Gasteiger partial charge in [0.15, 0.2) is 0 Å². The SMILES string of the molecule is C[C@@H](CNC(=O)CN1C(=O)N[C@@H](CC(=O)NCc2nc3ccccc3[nH]2)C1=O)C(=O)O. The van der Waals surface area contributed by atoms with Crippen molar-refractivity contribution in [3.05, 3.63) is 30.1 Å². The lowest BCUT2D eigenvalue weighted by molar-refractivity contribution is -0.141. The number of imidazole rings is 1. The van der Waals surface area contributed by atoms with Gasteiger partial charge in [-0.2, -0.15) is 0 Å². The minimum absolute atomic E-state index is 0.121. The number of benzene rings is 1. The summed E-state index contributed by atoms with van der Waals surface area (Å²) in [5.74, 6) is -3.19. The average molecular weight is 430 g/mol. The average Bonchev–Trinajstić information content (AvgIpc) is 3.26. The van der Waals surface area contributed by atoms with Crippen LogP contribution in [-0.2, 0) is 25.7 Å². The van der Waals surface area contributed by atoms with Gasteiger partial charge in [-0.05, 0) is 12.1 Å². The van der Waals surface area contributed by atoms with Gasteiger partial charge in [-0.1, -0.05) is 19.1 Å². The third-order valence-corrected chi connectivity index (χ3v) is 4.72. The number of carboxylic acids is 1. The van der Waals surface area contributed by atoms with Crippen molar-refractivity contribution < 1.29 is 29.1 Å². The largest absolute Gasteiger partial charge is 0.481 e. The number of urea groups is 1. The minimum atomic E-state index is -1.09. The lowest BCUT2D eigenvalue weighted by Gasteiger charge is -2.14. The van der Waals surface area contributed by atoms with Gasteiger partial charge in [-0.15, -0.1) is 0 Å². The monoisotopic (exact) mass is 430 g/mol. The number of carbonyl (C=O) groups excluding carboxylic acids is 4. The van der Waals surface area contributed by atoms with Crippen LogP contribution in [0.25, 0.3) is 11.0 Å². The Bertz CT molecular complexity index is 1000. The minimum Gasteiger partial charge on any atom is -0.481 e. The van der Waals surface area contributed by atoms with Gasteiger partial charge >= 0.3 is 12.0 Å². The number of carbonyl (C=O) groups is 5. The maximum absolute atomic E-state index is 12.4. The molecule has 0 spiro atoms. The van der Waals surface area contributed by atoms with Crippen molar-refractivity contribution in [2.45, 2.75) is 25.9 Å². The molecular formula is C19H22N6O6. The van der Waals surface area contributed by atoms with Gasteiger partial charge < -0.3 is 26.0 Å². The van der Waals surface area contributed by atoms with Crippen molar-refractivity contribution in [2.24, 2.45) is 5.92 Å². The fourth-order valence-corrected chi connectivity index (χ4v) is 2.95. The molecule has 0 aliphatic carbocycles. The number of rotatable bonds is 9. The summed E-state index contributed by atoms with van der Waals surface area (Å²) in [4.78, 5) is 67.4. The normalized spacial score (nSPS) is 16.8. The van der Waals surface area contributed by atoms with E-state index in [0.717, 1.165) is 11.0 Å². The highest BCUT2D eigenvalue weighted by molar-refractivity contribution is 6.07. The molecule has 2 heterocycles. The molecule has 0 saturated carbocycles. The smallest absolute Gasteiger partial charge is 0.325 e. The van der Waals surface area contributed by atoms with Gasteiger partial charge in [-0.25, -0.2) is 9.78 Å². The van der Waals surface area contributed by atoms with E-state index in [0.29, 0.717) is 10.7 Å². The fourth-order valence-electron chi connectivity index (χ4n) is 2.95. The van der Waals surface area contributed by atoms with E-state index in [1.807, 2.05) is 24.3 Å². The number of amides is 5. The molecule has 2 aromatic rings. The number of imide groups is 1. The van der Waals surface area contributed by atoms with Crippen molar-refractivity contribution in [1.29, 1.82) is 0 Å². The van der Waals surface area contributed by atoms with E-state index in [-0.39, 0.29) is 19.5 Å². The third-order valence-electron chi connectivity index (χ3n) is 4.72. The zero-order chi connectivity index (χ0) is 22.5. The highest BCUT2D eigenvalue weighted by Gasteiger charge is 2.40. The zero-order valence-corrected chi connectivity index (χ0v) is 16.7. The summed E-state index contributed by atoms with van der Waals surface area (Å²) in [6.07, 6.45) is -0.293. The van der Waals surface area contributed by atoms with Crippen molar-refractivity contribution in [3.63, 3.8) is 0 Å². The quantitative estimate of drug-likeness (QED) is 0.328. The van der Waals surface area contributed by atoms with Crippen molar-refractivity contribution in [3.8, 4) is 0 Å². The van der Waals surface area contributed by atoms with Gasteiger partial charge in [0, 0.05) is 6.54 Å². The molecule has 12 heteroatoms. The molecule has 1 aliphatic heterocycles. The molecule has 1 aromatic carbocycles. The summed E-state index contributed by atoms with van der Waals surface area (Å²) in [5, 5.41) is 16.2. The molecule has 31 heavy (non-hydrogen) atoms. The van der Waals surface area contributed by atoms with Gasteiger partial charge in [0.05, 0.1) is 29.9 Å². The number of nitrogens with one attached hydrogen (secondary N) is 4. The predicted octanol–water partition coefficient (Wildman–Crippen LogP) is -0.673. The Morgan fingerprint density at radius 2 is 1.94 bits per heavy atom. The van der Waals surface area contributed by atoms with E-state index in [1.54, 1.807) is 0 Å². The van der Waals surface area contributed by atoms with Crippen molar-refractivity contribution in [1.82, 2.24) is 30.8 Å². The standard InChI is InChI=1S/C19H22N6O6/c1-10(18(29)30)7-20-16(27)9-25-17(28)13(24-19(25)31)6-15(26)21-8-14-22-11-4-2-3-5-12(11)23-14/h2-5,10,13H,6-9H2,1H3,(H,20,27)(H,21,26)(H,22,23)(H,24,31)(H,29,30)/t10-,13-/m0/s1. The van der Waals surface area contributed by atoms with Crippen LogP contribution < -0.4 is 16.0 Å². The highest BCUT2D eigenvalue weighted by atomic mass is 16.4. The Morgan fingerprint density at radius 3 is 2.65 bits per heavy atom. The summed E-state index contributed by atoms with van der Waals surface area (Å²) in [6, 6.07) is 5.51.